The van der Waals surface area contributed by atoms with Crippen LogP contribution in [0.1, 0.15) is 30.9 Å². The first kappa shape index (κ1) is 19.9. The molecule has 1 heterocycles. The van der Waals surface area contributed by atoms with Gasteiger partial charge in [-0.2, -0.15) is 5.26 Å². The lowest BCUT2D eigenvalue weighted by atomic mass is 10.0. The fraction of sp³-hybridized carbons (Fsp3) is 0.174. The SMILES string of the molecule is CC(C)c1ccccc1NC(=O)C(C#N)=Cc1cn(CC(=O)O)c2ccccc12. The summed E-state index contributed by atoms with van der Waals surface area (Å²) >= 11 is 0. The molecule has 0 spiro atoms. The molecule has 0 aliphatic rings. The lowest BCUT2D eigenvalue weighted by molar-refractivity contribution is -0.137. The molecule has 6 heteroatoms. The molecular formula is C23H21N3O3. The Hall–Kier alpha value is -3.85. The van der Waals surface area contributed by atoms with E-state index in [0.717, 1.165) is 16.5 Å². The van der Waals surface area contributed by atoms with Crippen molar-refractivity contribution in [2.24, 2.45) is 0 Å². The van der Waals surface area contributed by atoms with Crippen LogP contribution in [0.3, 0.4) is 0 Å². The zero-order valence-corrected chi connectivity index (χ0v) is 16.2. The summed E-state index contributed by atoms with van der Waals surface area (Å²) in [6.45, 7) is 3.86. The van der Waals surface area contributed by atoms with Crippen LogP contribution in [0, 0.1) is 11.3 Å². The van der Waals surface area contributed by atoms with Gasteiger partial charge in [-0.15, -0.1) is 0 Å². The lowest BCUT2D eigenvalue weighted by Crippen LogP contribution is -2.15. The van der Waals surface area contributed by atoms with Gasteiger partial charge in [0.05, 0.1) is 0 Å². The van der Waals surface area contributed by atoms with E-state index in [4.69, 9.17) is 5.11 Å². The standard InChI is InChI=1S/C23H21N3O3/c1-15(2)18-7-3-5-9-20(18)25-23(29)16(12-24)11-17-13-26(14-22(27)28)21-10-6-4-8-19(17)21/h3-11,13,15H,14H2,1-2H3,(H,25,29)(H,27,28). The van der Waals surface area contributed by atoms with E-state index in [1.807, 2.05) is 56.3 Å². The van der Waals surface area contributed by atoms with E-state index in [2.05, 4.69) is 5.32 Å². The Morgan fingerprint density at radius 3 is 2.55 bits per heavy atom. The first-order valence-corrected chi connectivity index (χ1v) is 9.22. The van der Waals surface area contributed by atoms with E-state index in [-0.39, 0.29) is 18.0 Å². The van der Waals surface area contributed by atoms with Crippen molar-refractivity contribution in [1.82, 2.24) is 4.57 Å². The van der Waals surface area contributed by atoms with Gasteiger partial charge >= 0.3 is 5.97 Å². The number of aromatic nitrogens is 1. The van der Waals surface area contributed by atoms with Crippen molar-refractivity contribution in [2.75, 3.05) is 5.32 Å². The third-order valence-corrected chi connectivity index (χ3v) is 4.62. The summed E-state index contributed by atoms with van der Waals surface area (Å²) in [4.78, 5) is 23.9. The van der Waals surface area contributed by atoms with Gasteiger partial charge in [0.15, 0.2) is 0 Å². The van der Waals surface area contributed by atoms with Gasteiger partial charge in [0.2, 0.25) is 0 Å². The molecule has 0 aliphatic carbocycles. The molecule has 0 bridgehead atoms. The predicted octanol–water partition coefficient (Wildman–Crippen LogP) is 4.39. The van der Waals surface area contributed by atoms with E-state index in [1.54, 1.807) is 22.9 Å². The zero-order valence-electron chi connectivity index (χ0n) is 16.2. The second kappa shape index (κ2) is 8.44. The second-order valence-electron chi connectivity index (χ2n) is 6.99. The number of benzene rings is 2. The molecule has 0 aliphatic heterocycles. The van der Waals surface area contributed by atoms with Gasteiger partial charge in [-0.25, -0.2) is 0 Å². The highest BCUT2D eigenvalue weighted by atomic mass is 16.4. The molecule has 0 radical (unpaired) electrons. The molecule has 0 unspecified atom stereocenters. The molecule has 6 nitrogen and oxygen atoms in total. The number of aliphatic carboxylic acids is 1. The maximum atomic E-state index is 12.7. The Labute approximate surface area is 168 Å². The molecule has 0 atom stereocenters. The largest absolute Gasteiger partial charge is 0.480 e. The normalized spacial score (nSPS) is 11.4. The predicted molar refractivity (Wildman–Crippen MR) is 112 cm³/mol. The van der Waals surface area contributed by atoms with Crippen molar-refractivity contribution in [3.05, 3.63) is 71.4 Å². The number of carboxylic acid groups (broad SMARTS) is 1. The summed E-state index contributed by atoms with van der Waals surface area (Å²) in [5, 5.41) is 22.3. The summed E-state index contributed by atoms with van der Waals surface area (Å²) < 4.78 is 1.59. The number of hydrogen-bond donors (Lipinski definition) is 2. The number of anilines is 1. The van der Waals surface area contributed by atoms with Crippen LogP contribution >= 0.6 is 0 Å². The molecule has 0 fully saturated rings. The molecule has 2 aromatic carbocycles. The molecule has 146 valence electrons. The van der Waals surface area contributed by atoms with Crippen molar-refractivity contribution in [1.29, 1.82) is 5.26 Å². The Morgan fingerprint density at radius 1 is 1.17 bits per heavy atom. The van der Waals surface area contributed by atoms with Gasteiger partial charge in [-0.1, -0.05) is 50.2 Å². The number of carboxylic acids is 1. The van der Waals surface area contributed by atoms with Crippen LogP contribution in [-0.2, 0) is 16.1 Å². The van der Waals surface area contributed by atoms with Crippen LogP contribution < -0.4 is 5.32 Å². The van der Waals surface area contributed by atoms with Crippen LogP contribution in [0.2, 0.25) is 0 Å². The first-order chi connectivity index (χ1) is 13.9. The summed E-state index contributed by atoms with van der Waals surface area (Å²) in [6.07, 6.45) is 3.14. The van der Waals surface area contributed by atoms with E-state index in [9.17, 15) is 14.9 Å². The average molecular weight is 387 g/mol. The number of rotatable bonds is 6. The van der Waals surface area contributed by atoms with Crippen molar-refractivity contribution in [2.45, 2.75) is 26.3 Å². The van der Waals surface area contributed by atoms with Gasteiger partial charge in [-0.05, 0) is 29.7 Å². The fourth-order valence-electron chi connectivity index (χ4n) is 3.27. The first-order valence-electron chi connectivity index (χ1n) is 9.22. The van der Waals surface area contributed by atoms with Crippen molar-refractivity contribution < 1.29 is 14.7 Å². The number of carbonyl (C=O) groups is 2. The number of fused-ring (bicyclic) bond motifs is 1. The highest BCUT2D eigenvalue weighted by molar-refractivity contribution is 6.11. The highest BCUT2D eigenvalue weighted by Gasteiger charge is 2.15. The third-order valence-electron chi connectivity index (χ3n) is 4.62. The Bertz CT molecular complexity index is 1150. The number of nitrogens with one attached hydrogen (secondary N) is 1. The Kier molecular flexibility index (Phi) is 5.79. The number of carbonyl (C=O) groups excluding carboxylic acids is 1. The summed E-state index contributed by atoms with van der Waals surface area (Å²) in [6, 6.07) is 16.7. The van der Waals surface area contributed by atoms with Crippen LogP contribution in [-0.4, -0.2) is 21.6 Å². The monoisotopic (exact) mass is 387 g/mol. The van der Waals surface area contributed by atoms with E-state index in [0.29, 0.717) is 11.3 Å². The summed E-state index contributed by atoms with van der Waals surface area (Å²) in [5.41, 5.74) is 2.94. The lowest BCUT2D eigenvalue weighted by Gasteiger charge is -2.13. The Balaban J connectivity index is 1.98. The van der Waals surface area contributed by atoms with E-state index in [1.165, 1.54) is 6.08 Å². The zero-order chi connectivity index (χ0) is 21.0. The van der Waals surface area contributed by atoms with Gasteiger partial charge in [0.25, 0.3) is 5.91 Å². The van der Waals surface area contributed by atoms with Crippen molar-refractivity contribution >= 4 is 34.5 Å². The minimum absolute atomic E-state index is 0.0539. The molecular weight excluding hydrogens is 366 g/mol. The van der Waals surface area contributed by atoms with Gasteiger partial charge in [0.1, 0.15) is 18.2 Å². The van der Waals surface area contributed by atoms with Crippen LogP contribution in [0.5, 0.6) is 0 Å². The van der Waals surface area contributed by atoms with Gasteiger partial charge < -0.3 is 15.0 Å². The number of amides is 1. The van der Waals surface area contributed by atoms with Gasteiger partial charge in [-0.3, -0.25) is 9.59 Å². The number of para-hydroxylation sites is 2. The molecule has 2 N–H and O–H groups in total. The number of nitrogens with zero attached hydrogens (tertiary/aromatic N) is 2. The minimum Gasteiger partial charge on any atom is -0.480 e. The molecule has 1 amide bonds. The molecule has 3 rings (SSSR count). The molecule has 3 aromatic rings. The topological polar surface area (TPSA) is 95.1 Å². The summed E-state index contributed by atoms with van der Waals surface area (Å²) in [7, 11) is 0. The van der Waals surface area contributed by atoms with E-state index < -0.39 is 11.9 Å². The fourth-order valence-corrected chi connectivity index (χ4v) is 3.27. The Morgan fingerprint density at radius 2 is 1.86 bits per heavy atom. The second-order valence-corrected chi connectivity index (χ2v) is 6.99. The van der Waals surface area contributed by atoms with Crippen LogP contribution in [0.15, 0.2) is 60.3 Å². The van der Waals surface area contributed by atoms with E-state index >= 15 is 0 Å². The maximum absolute atomic E-state index is 12.7. The van der Waals surface area contributed by atoms with Crippen molar-refractivity contribution in [3.8, 4) is 6.07 Å². The highest BCUT2D eigenvalue weighted by Crippen LogP contribution is 2.26. The molecule has 0 saturated heterocycles. The average Bonchev–Trinajstić information content (AvgIpc) is 3.03. The maximum Gasteiger partial charge on any atom is 0.323 e. The number of nitriles is 1. The van der Waals surface area contributed by atoms with Crippen LogP contribution in [0.4, 0.5) is 5.69 Å². The third kappa shape index (κ3) is 4.36. The quantitative estimate of drug-likeness (QED) is 0.484. The molecule has 0 saturated carbocycles. The smallest absolute Gasteiger partial charge is 0.323 e. The molecule has 1 aromatic heterocycles. The number of hydrogen-bond acceptors (Lipinski definition) is 3. The van der Waals surface area contributed by atoms with Crippen LogP contribution in [0.25, 0.3) is 17.0 Å². The van der Waals surface area contributed by atoms with Gasteiger partial charge in [0, 0.05) is 28.4 Å². The molecule has 29 heavy (non-hydrogen) atoms. The minimum atomic E-state index is -0.968. The van der Waals surface area contributed by atoms with Crippen molar-refractivity contribution in [3.63, 3.8) is 0 Å². The summed E-state index contributed by atoms with van der Waals surface area (Å²) in [5.74, 6) is -1.25.